The van der Waals surface area contributed by atoms with E-state index in [2.05, 4.69) is 34.2 Å². The van der Waals surface area contributed by atoms with Gasteiger partial charge in [-0.15, -0.1) is 24.0 Å². The minimum absolute atomic E-state index is 0. The molecule has 1 aromatic rings. The number of amides is 1. The van der Waals surface area contributed by atoms with Gasteiger partial charge in [0.05, 0.1) is 6.54 Å². The predicted octanol–water partition coefficient (Wildman–Crippen LogP) is 2.03. The Labute approximate surface area is 209 Å². The summed E-state index contributed by atoms with van der Waals surface area (Å²) in [5, 5.41) is 3.39. The zero-order chi connectivity index (χ0) is 22.1. The molecule has 1 amide bonds. The largest absolute Gasteiger partial charge is 0.492 e. The molecule has 2 aliphatic heterocycles. The highest BCUT2D eigenvalue weighted by Crippen LogP contribution is 2.17. The lowest BCUT2D eigenvalue weighted by Gasteiger charge is -2.37. The third kappa shape index (κ3) is 8.08. The van der Waals surface area contributed by atoms with Crippen LogP contribution in [0.2, 0.25) is 0 Å². The smallest absolute Gasteiger partial charge is 0.251 e. The van der Waals surface area contributed by atoms with Crippen molar-refractivity contribution in [1.29, 1.82) is 0 Å². The number of nitrogens with zero attached hydrogens (tertiary/aromatic N) is 4. The first-order valence-corrected chi connectivity index (χ1v) is 11.4. The van der Waals surface area contributed by atoms with E-state index < -0.39 is 0 Å². The highest BCUT2D eigenvalue weighted by Gasteiger charge is 2.30. The summed E-state index contributed by atoms with van der Waals surface area (Å²) in [6.45, 7) is 8.68. The predicted molar refractivity (Wildman–Crippen MR) is 138 cm³/mol. The number of carbonyl (C=O) groups is 1. The number of likely N-dealkylation sites (N-methyl/N-ethyl adjacent to an activating group) is 1. The van der Waals surface area contributed by atoms with E-state index in [4.69, 9.17) is 14.5 Å². The SMILES string of the molecule is CCNC(=NCc1cccc(OCCN(C)C)c1)N1CCN(C(=O)C2CCCO2)CC1.I. The molecule has 32 heavy (non-hydrogen) atoms. The molecule has 1 aromatic carbocycles. The van der Waals surface area contributed by atoms with Gasteiger partial charge in [-0.05, 0) is 51.6 Å². The molecule has 0 saturated carbocycles. The molecule has 0 aromatic heterocycles. The van der Waals surface area contributed by atoms with Crippen molar-refractivity contribution < 1.29 is 14.3 Å². The third-order valence-corrected chi connectivity index (χ3v) is 5.55. The Morgan fingerprint density at radius 2 is 2.00 bits per heavy atom. The van der Waals surface area contributed by atoms with Crippen molar-refractivity contribution in [2.24, 2.45) is 4.99 Å². The first-order valence-electron chi connectivity index (χ1n) is 11.4. The third-order valence-electron chi connectivity index (χ3n) is 5.55. The van der Waals surface area contributed by atoms with Gasteiger partial charge in [-0.25, -0.2) is 4.99 Å². The maximum atomic E-state index is 12.6. The van der Waals surface area contributed by atoms with Crippen LogP contribution >= 0.6 is 24.0 Å². The number of guanidine groups is 1. The summed E-state index contributed by atoms with van der Waals surface area (Å²) in [6, 6.07) is 8.13. The van der Waals surface area contributed by atoms with E-state index in [1.54, 1.807) is 0 Å². The van der Waals surface area contributed by atoms with E-state index in [9.17, 15) is 4.79 Å². The summed E-state index contributed by atoms with van der Waals surface area (Å²) in [7, 11) is 4.07. The van der Waals surface area contributed by atoms with E-state index in [-0.39, 0.29) is 36.0 Å². The summed E-state index contributed by atoms with van der Waals surface area (Å²) in [5.41, 5.74) is 1.12. The average Bonchev–Trinajstić information content (AvgIpc) is 3.31. The molecule has 8 nitrogen and oxygen atoms in total. The Bertz CT molecular complexity index is 732. The Balaban J connectivity index is 0.00000363. The number of piperazine rings is 1. The highest BCUT2D eigenvalue weighted by atomic mass is 127. The number of aliphatic imine (C=N–C) groups is 1. The molecule has 1 unspecified atom stereocenters. The molecule has 2 saturated heterocycles. The zero-order valence-electron chi connectivity index (χ0n) is 19.6. The van der Waals surface area contributed by atoms with Gasteiger partial charge in [-0.2, -0.15) is 0 Å². The number of hydrogen-bond acceptors (Lipinski definition) is 5. The van der Waals surface area contributed by atoms with Crippen molar-refractivity contribution >= 4 is 35.8 Å². The van der Waals surface area contributed by atoms with Gasteiger partial charge in [0.2, 0.25) is 0 Å². The Hall–Kier alpha value is -1.59. The van der Waals surface area contributed by atoms with Crippen LogP contribution in [0.1, 0.15) is 25.3 Å². The van der Waals surface area contributed by atoms with Crippen LogP contribution in [-0.2, 0) is 16.1 Å². The van der Waals surface area contributed by atoms with Crippen LogP contribution in [0.4, 0.5) is 0 Å². The van der Waals surface area contributed by atoms with Gasteiger partial charge >= 0.3 is 0 Å². The highest BCUT2D eigenvalue weighted by molar-refractivity contribution is 14.0. The number of nitrogens with one attached hydrogen (secondary N) is 1. The van der Waals surface area contributed by atoms with Gasteiger partial charge in [0.25, 0.3) is 5.91 Å². The van der Waals surface area contributed by atoms with Crippen molar-refractivity contribution in [2.75, 3.05) is 66.6 Å². The molecule has 1 atom stereocenters. The Morgan fingerprint density at radius 1 is 1.25 bits per heavy atom. The quantitative estimate of drug-likeness (QED) is 0.299. The molecule has 9 heteroatoms. The molecule has 2 heterocycles. The fourth-order valence-corrected chi connectivity index (χ4v) is 3.79. The molecule has 3 rings (SSSR count). The van der Waals surface area contributed by atoms with E-state index in [1.807, 2.05) is 31.1 Å². The van der Waals surface area contributed by atoms with Crippen molar-refractivity contribution in [3.8, 4) is 5.75 Å². The molecule has 0 radical (unpaired) electrons. The summed E-state index contributed by atoms with van der Waals surface area (Å²) in [6.07, 6.45) is 1.59. The van der Waals surface area contributed by atoms with Crippen LogP contribution in [0.25, 0.3) is 0 Å². The number of carbonyl (C=O) groups excluding carboxylic acids is 1. The topological polar surface area (TPSA) is 69.6 Å². The lowest BCUT2D eigenvalue weighted by molar-refractivity contribution is -0.142. The van der Waals surface area contributed by atoms with Crippen molar-refractivity contribution in [1.82, 2.24) is 20.0 Å². The molecule has 2 aliphatic rings. The van der Waals surface area contributed by atoms with Crippen molar-refractivity contribution in [2.45, 2.75) is 32.4 Å². The van der Waals surface area contributed by atoms with Gasteiger partial charge in [-0.1, -0.05) is 12.1 Å². The van der Waals surface area contributed by atoms with Gasteiger partial charge in [0.1, 0.15) is 18.5 Å². The van der Waals surface area contributed by atoms with Crippen LogP contribution in [0.3, 0.4) is 0 Å². The van der Waals surface area contributed by atoms with E-state index in [1.165, 1.54) is 0 Å². The Morgan fingerprint density at radius 3 is 2.66 bits per heavy atom. The van der Waals surface area contributed by atoms with Gasteiger partial charge in [-0.3, -0.25) is 4.79 Å². The van der Waals surface area contributed by atoms with Gasteiger partial charge in [0, 0.05) is 45.9 Å². The second-order valence-electron chi connectivity index (χ2n) is 8.28. The molecule has 1 N–H and O–H groups in total. The number of benzene rings is 1. The second-order valence-corrected chi connectivity index (χ2v) is 8.28. The molecular formula is C23H38IN5O3. The number of halogens is 1. The average molecular weight is 559 g/mol. The summed E-state index contributed by atoms with van der Waals surface area (Å²) < 4.78 is 11.4. The standard InChI is InChI=1S/C23H37N5O3.HI/c1-4-24-23(25-18-19-7-5-8-20(17-19)30-16-14-26(2)3)28-12-10-27(11-13-28)22(29)21-9-6-15-31-21;/h5,7-8,17,21H,4,6,9-16,18H2,1-3H3,(H,24,25);1H. The normalized spacial score (nSPS) is 19.1. The fourth-order valence-electron chi connectivity index (χ4n) is 3.79. The summed E-state index contributed by atoms with van der Waals surface area (Å²) in [4.78, 5) is 23.7. The molecule has 2 fully saturated rings. The number of ether oxygens (including phenoxy) is 2. The van der Waals surface area contributed by atoms with Crippen molar-refractivity contribution in [3.05, 3.63) is 29.8 Å². The minimum atomic E-state index is -0.235. The van der Waals surface area contributed by atoms with E-state index in [0.717, 1.165) is 56.3 Å². The van der Waals surface area contributed by atoms with Crippen LogP contribution in [-0.4, -0.2) is 99.2 Å². The Kier molecular flexibility index (Phi) is 11.5. The lowest BCUT2D eigenvalue weighted by atomic mass is 10.2. The first-order chi connectivity index (χ1) is 15.1. The molecule has 0 aliphatic carbocycles. The lowest BCUT2D eigenvalue weighted by Crippen LogP contribution is -2.55. The maximum absolute atomic E-state index is 12.6. The molecule has 0 bridgehead atoms. The zero-order valence-corrected chi connectivity index (χ0v) is 21.9. The van der Waals surface area contributed by atoms with E-state index >= 15 is 0 Å². The fraction of sp³-hybridized carbons (Fsp3) is 0.652. The molecular weight excluding hydrogens is 521 g/mol. The van der Waals surface area contributed by atoms with Gasteiger partial charge < -0.3 is 29.5 Å². The maximum Gasteiger partial charge on any atom is 0.251 e. The van der Waals surface area contributed by atoms with Crippen LogP contribution in [0.15, 0.2) is 29.3 Å². The monoisotopic (exact) mass is 559 g/mol. The molecule has 0 spiro atoms. The van der Waals surface area contributed by atoms with Gasteiger partial charge in [0.15, 0.2) is 5.96 Å². The number of rotatable bonds is 8. The van der Waals surface area contributed by atoms with Crippen LogP contribution < -0.4 is 10.1 Å². The summed E-state index contributed by atoms with van der Waals surface area (Å²) >= 11 is 0. The molecule has 180 valence electrons. The minimum Gasteiger partial charge on any atom is -0.492 e. The first kappa shape index (κ1) is 26.7. The summed E-state index contributed by atoms with van der Waals surface area (Å²) in [5.74, 6) is 1.91. The second kappa shape index (κ2) is 13.8. The number of hydrogen-bond donors (Lipinski definition) is 1. The van der Waals surface area contributed by atoms with Crippen LogP contribution in [0, 0.1) is 0 Å². The van der Waals surface area contributed by atoms with Crippen molar-refractivity contribution in [3.63, 3.8) is 0 Å². The van der Waals surface area contributed by atoms with Crippen LogP contribution in [0.5, 0.6) is 5.75 Å². The van der Waals surface area contributed by atoms with E-state index in [0.29, 0.717) is 32.8 Å².